The van der Waals surface area contributed by atoms with E-state index in [1.807, 2.05) is 6.07 Å². The molecule has 37 heavy (non-hydrogen) atoms. The summed E-state index contributed by atoms with van der Waals surface area (Å²) < 4.78 is 0. The standard InChI is InChI=1S/C32H56N4O/c1-9-13-18-36(32-26-30(27-37)15-16-31(32)25-28(5)12-4)24-23-35(29(6)14-10-2)22-21-34(8)20-19-33(7)17-11-3/h9,13-16,26-28H,10-12,17-25H2,1-8H3/b13-9+,29-14+. The molecule has 0 saturated carbocycles. The van der Waals surface area contributed by atoms with E-state index in [-0.39, 0.29) is 0 Å². The topological polar surface area (TPSA) is 30.0 Å². The Hall–Kier alpha value is -2.11. The van der Waals surface area contributed by atoms with Gasteiger partial charge in [0.25, 0.3) is 0 Å². The van der Waals surface area contributed by atoms with Crippen molar-refractivity contribution in [3.8, 4) is 0 Å². The lowest BCUT2D eigenvalue weighted by atomic mass is 9.96. The highest BCUT2D eigenvalue weighted by molar-refractivity contribution is 5.78. The Bertz CT molecular complexity index is 819. The van der Waals surface area contributed by atoms with E-state index in [0.29, 0.717) is 5.92 Å². The van der Waals surface area contributed by atoms with Crippen LogP contribution in [0.3, 0.4) is 0 Å². The average Bonchev–Trinajstić information content (AvgIpc) is 2.89. The molecule has 0 aliphatic rings. The van der Waals surface area contributed by atoms with Crippen LogP contribution in [0.5, 0.6) is 0 Å². The molecule has 1 aromatic rings. The summed E-state index contributed by atoms with van der Waals surface area (Å²) in [4.78, 5) is 21.5. The summed E-state index contributed by atoms with van der Waals surface area (Å²) in [5.74, 6) is 0.613. The van der Waals surface area contributed by atoms with Crippen LogP contribution < -0.4 is 4.90 Å². The van der Waals surface area contributed by atoms with Crippen LogP contribution in [0, 0.1) is 5.92 Å². The maximum absolute atomic E-state index is 11.6. The molecule has 0 bridgehead atoms. The maximum Gasteiger partial charge on any atom is 0.150 e. The Balaban J connectivity index is 3.04. The van der Waals surface area contributed by atoms with Gasteiger partial charge in [0.05, 0.1) is 0 Å². The van der Waals surface area contributed by atoms with Crippen LogP contribution in [0.1, 0.15) is 76.7 Å². The van der Waals surface area contributed by atoms with E-state index in [0.717, 1.165) is 83.5 Å². The van der Waals surface area contributed by atoms with Crippen LogP contribution in [0.2, 0.25) is 0 Å². The van der Waals surface area contributed by atoms with Crippen LogP contribution in [0.15, 0.2) is 42.1 Å². The molecule has 0 spiro atoms. The number of carbonyl (C=O) groups is 1. The lowest BCUT2D eigenvalue weighted by Crippen LogP contribution is -2.40. The third-order valence-electron chi connectivity index (χ3n) is 7.27. The van der Waals surface area contributed by atoms with Gasteiger partial charge in [-0.2, -0.15) is 0 Å². The second-order valence-electron chi connectivity index (χ2n) is 10.6. The Morgan fingerprint density at radius 3 is 2.19 bits per heavy atom. The number of allylic oxidation sites excluding steroid dienone is 3. The zero-order valence-corrected chi connectivity index (χ0v) is 25.3. The van der Waals surface area contributed by atoms with Crippen molar-refractivity contribution in [1.29, 1.82) is 0 Å². The number of benzene rings is 1. The third kappa shape index (κ3) is 12.8. The zero-order valence-electron chi connectivity index (χ0n) is 25.3. The SMILES string of the molecule is C/C=C/CN(CCN(CCN(C)CCN(C)CCC)/C(C)=C/CC)c1cc(C=O)ccc1CC(C)CC. The summed E-state index contributed by atoms with van der Waals surface area (Å²) >= 11 is 0. The Labute approximate surface area is 229 Å². The number of anilines is 1. The molecular formula is C32H56N4O. The van der Waals surface area contributed by atoms with Crippen LogP contribution >= 0.6 is 0 Å². The molecule has 0 aliphatic carbocycles. The predicted molar refractivity (Wildman–Crippen MR) is 163 cm³/mol. The summed E-state index contributed by atoms with van der Waals surface area (Å²) in [6.45, 7) is 21.5. The summed E-state index contributed by atoms with van der Waals surface area (Å²) in [6, 6.07) is 6.22. The first-order valence-electron chi connectivity index (χ1n) is 14.5. The van der Waals surface area contributed by atoms with Gasteiger partial charge in [-0.3, -0.25) is 4.79 Å². The molecule has 0 aromatic heterocycles. The van der Waals surface area contributed by atoms with E-state index in [9.17, 15) is 4.79 Å². The molecule has 1 rings (SSSR count). The molecule has 0 saturated heterocycles. The summed E-state index contributed by atoms with van der Waals surface area (Å²) in [5.41, 5.74) is 4.65. The first kappa shape index (κ1) is 32.9. The first-order valence-corrected chi connectivity index (χ1v) is 14.5. The van der Waals surface area contributed by atoms with Crippen molar-refractivity contribution in [2.45, 2.75) is 67.2 Å². The number of hydrogen-bond acceptors (Lipinski definition) is 5. The minimum absolute atomic E-state index is 0.613. The Kier molecular flexibility index (Phi) is 16.9. The molecule has 0 N–H and O–H groups in total. The van der Waals surface area contributed by atoms with Gasteiger partial charge in [0.1, 0.15) is 6.29 Å². The fourth-order valence-corrected chi connectivity index (χ4v) is 4.55. The predicted octanol–water partition coefficient (Wildman–Crippen LogP) is 6.36. The molecule has 0 aliphatic heterocycles. The van der Waals surface area contributed by atoms with E-state index < -0.39 is 0 Å². The minimum Gasteiger partial charge on any atom is -0.372 e. The highest BCUT2D eigenvalue weighted by Gasteiger charge is 2.16. The third-order valence-corrected chi connectivity index (χ3v) is 7.27. The molecule has 210 valence electrons. The molecule has 1 aromatic carbocycles. The molecule has 0 radical (unpaired) electrons. The summed E-state index contributed by atoms with van der Waals surface area (Å²) in [6.07, 6.45) is 12.1. The van der Waals surface area contributed by atoms with E-state index in [4.69, 9.17) is 0 Å². The fraction of sp³-hybridized carbons (Fsp3) is 0.656. The van der Waals surface area contributed by atoms with Crippen molar-refractivity contribution in [1.82, 2.24) is 14.7 Å². The van der Waals surface area contributed by atoms with Gasteiger partial charge >= 0.3 is 0 Å². The van der Waals surface area contributed by atoms with Crippen molar-refractivity contribution >= 4 is 12.0 Å². The average molecular weight is 513 g/mol. The van der Waals surface area contributed by atoms with Gasteiger partial charge in [0.2, 0.25) is 0 Å². The number of likely N-dealkylation sites (N-methyl/N-ethyl adjacent to an activating group) is 2. The molecule has 5 heteroatoms. The Morgan fingerprint density at radius 1 is 0.946 bits per heavy atom. The van der Waals surface area contributed by atoms with Crippen LogP contribution in [-0.4, -0.2) is 87.4 Å². The van der Waals surface area contributed by atoms with Crippen molar-refractivity contribution in [2.75, 3.05) is 71.4 Å². The van der Waals surface area contributed by atoms with Crippen molar-refractivity contribution in [3.05, 3.63) is 53.3 Å². The smallest absolute Gasteiger partial charge is 0.150 e. The van der Waals surface area contributed by atoms with Gasteiger partial charge in [0, 0.05) is 62.8 Å². The summed E-state index contributed by atoms with van der Waals surface area (Å²) in [7, 11) is 4.45. The monoisotopic (exact) mass is 512 g/mol. The Morgan fingerprint density at radius 2 is 1.59 bits per heavy atom. The lowest BCUT2D eigenvalue weighted by molar-refractivity contribution is 0.112. The zero-order chi connectivity index (χ0) is 27.6. The molecule has 1 unspecified atom stereocenters. The van der Waals surface area contributed by atoms with Crippen LogP contribution in [-0.2, 0) is 6.42 Å². The first-order chi connectivity index (χ1) is 17.8. The molecule has 1 atom stereocenters. The fourth-order valence-electron chi connectivity index (χ4n) is 4.55. The summed E-state index contributed by atoms with van der Waals surface area (Å²) in [5, 5.41) is 0. The van der Waals surface area contributed by atoms with Gasteiger partial charge in [-0.1, -0.05) is 64.5 Å². The molecule has 0 heterocycles. The van der Waals surface area contributed by atoms with E-state index in [1.54, 1.807) is 0 Å². The van der Waals surface area contributed by atoms with E-state index in [1.165, 1.54) is 23.4 Å². The highest BCUT2D eigenvalue weighted by Crippen LogP contribution is 2.26. The maximum atomic E-state index is 11.6. The van der Waals surface area contributed by atoms with Crippen LogP contribution in [0.25, 0.3) is 0 Å². The number of aldehydes is 1. The number of hydrogen-bond donors (Lipinski definition) is 0. The van der Waals surface area contributed by atoms with Gasteiger partial charge in [0.15, 0.2) is 0 Å². The number of nitrogens with zero attached hydrogens (tertiary/aromatic N) is 4. The second kappa shape index (κ2) is 19.0. The second-order valence-corrected chi connectivity index (χ2v) is 10.6. The normalized spacial score (nSPS) is 13.1. The van der Waals surface area contributed by atoms with E-state index in [2.05, 4.69) is 106 Å². The molecule has 0 amide bonds. The van der Waals surface area contributed by atoms with Crippen molar-refractivity contribution in [2.24, 2.45) is 5.92 Å². The highest BCUT2D eigenvalue weighted by atomic mass is 16.1. The van der Waals surface area contributed by atoms with Gasteiger partial charge in [-0.05, 0) is 71.3 Å². The van der Waals surface area contributed by atoms with Crippen molar-refractivity contribution in [3.63, 3.8) is 0 Å². The molecule has 5 nitrogen and oxygen atoms in total. The van der Waals surface area contributed by atoms with Crippen LogP contribution in [0.4, 0.5) is 5.69 Å². The largest absolute Gasteiger partial charge is 0.372 e. The van der Waals surface area contributed by atoms with Gasteiger partial charge in [-0.25, -0.2) is 0 Å². The minimum atomic E-state index is 0.613. The quantitative estimate of drug-likeness (QED) is 0.150. The van der Waals surface area contributed by atoms with Gasteiger partial charge in [-0.15, -0.1) is 0 Å². The van der Waals surface area contributed by atoms with E-state index >= 15 is 0 Å². The molecular weight excluding hydrogens is 456 g/mol. The molecule has 0 fully saturated rings. The van der Waals surface area contributed by atoms with Crippen molar-refractivity contribution < 1.29 is 4.79 Å². The number of carbonyl (C=O) groups excluding carboxylic acids is 1. The van der Waals surface area contributed by atoms with Gasteiger partial charge < -0.3 is 19.6 Å². The lowest BCUT2D eigenvalue weighted by Gasteiger charge is -2.33. The number of rotatable bonds is 20.